The SMILES string of the molecule is CC(C)COC(=O)Nc1cccc(CNC2CC2)c1. The van der Waals surface area contributed by atoms with Crippen LogP contribution in [0.4, 0.5) is 10.5 Å². The quantitative estimate of drug-likeness (QED) is 0.828. The fourth-order valence-electron chi connectivity index (χ4n) is 1.70. The van der Waals surface area contributed by atoms with Gasteiger partial charge in [-0.25, -0.2) is 4.79 Å². The smallest absolute Gasteiger partial charge is 0.411 e. The molecule has 2 N–H and O–H groups in total. The first-order chi connectivity index (χ1) is 9.13. The molecule has 1 aliphatic carbocycles. The van der Waals surface area contributed by atoms with Crippen LogP contribution in [0.25, 0.3) is 0 Å². The molecule has 0 bridgehead atoms. The Morgan fingerprint density at radius 1 is 1.42 bits per heavy atom. The van der Waals surface area contributed by atoms with Gasteiger partial charge in [0.05, 0.1) is 6.61 Å². The first-order valence-electron chi connectivity index (χ1n) is 6.89. The van der Waals surface area contributed by atoms with Crippen molar-refractivity contribution in [2.75, 3.05) is 11.9 Å². The average Bonchev–Trinajstić information content (AvgIpc) is 3.18. The second kappa shape index (κ2) is 6.57. The number of amides is 1. The number of anilines is 1. The minimum Gasteiger partial charge on any atom is -0.449 e. The van der Waals surface area contributed by atoms with Gasteiger partial charge in [-0.05, 0) is 36.5 Å². The van der Waals surface area contributed by atoms with E-state index in [1.54, 1.807) is 0 Å². The minimum atomic E-state index is -0.388. The molecule has 1 aromatic rings. The Bertz CT molecular complexity index is 428. The van der Waals surface area contributed by atoms with Gasteiger partial charge in [0.2, 0.25) is 0 Å². The molecule has 0 spiro atoms. The number of benzene rings is 1. The fourth-order valence-corrected chi connectivity index (χ4v) is 1.70. The van der Waals surface area contributed by atoms with E-state index in [4.69, 9.17) is 4.74 Å². The molecule has 104 valence electrons. The molecule has 1 saturated carbocycles. The molecule has 0 saturated heterocycles. The Hall–Kier alpha value is -1.55. The van der Waals surface area contributed by atoms with E-state index in [0.717, 1.165) is 12.2 Å². The average molecular weight is 262 g/mol. The second-order valence-corrected chi connectivity index (χ2v) is 5.47. The zero-order chi connectivity index (χ0) is 13.7. The van der Waals surface area contributed by atoms with Gasteiger partial charge in [0.15, 0.2) is 0 Å². The zero-order valence-electron chi connectivity index (χ0n) is 11.6. The molecule has 19 heavy (non-hydrogen) atoms. The van der Waals surface area contributed by atoms with Gasteiger partial charge in [0.25, 0.3) is 0 Å². The van der Waals surface area contributed by atoms with Gasteiger partial charge in [-0.15, -0.1) is 0 Å². The van der Waals surface area contributed by atoms with Crippen LogP contribution in [-0.4, -0.2) is 18.7 Å². The number of rotatable bonds is 6. The molecule has 0 aromatic heterocycles. The Labute approximate surface area is 114 Å². The Morgan fingerprint density at radius 2 is 2.21 bits per heavy atom. The normalized spacial score (nSPS) is 14.5. The van der Waals surface area contributed by atoms with Crippen LogP contribution in [0.3, 0.4) is 0 Å². The van der Waals surface area contributed by atoms with Gasteiger partial charge in [0.1, 0.15) is 0 Å². The standard InChI is InChI=1S/C15H22N2O2/c1-11(2)10-19-15(18)17-14-5-3-4-12(8-14)9-16-13-6-7-13/h3-5,8,11,13,16H,6-7,9-10H2,1-2H3,(H,17,18). The van der Waals surface area contributed by atoms with E-state index in [1.807, 2.05) is 32.0 Å². The predicted octanol–water partition coefficient (Wildman–Crippen LogP) is 3.14. The van der Waals surface area contributed by atoms with Crippen LogP contribution in [-0.2, 0) is 11.3 Å². The van der Waals surface area contributed by atoms with Crippen molar-refractivity contribution in [3.05, 3.63) is 29.8 Å². The van der Waals surface area contributed by atoms with E-state index >= 15 is 0 Å². The van der Waals surface area contributed by atoms with Crippen molar-refractivity contribution in [2.24, 2.45) is 5.92 Å². The molecule has 0 unspecified atom stereocenters. The Kier molecular flexibility index (Phi) is 4.80. The Morgan fingerprint density at radius 3 is 2.89 bits per heavy atom. The molecule has 4 heteroatoms. The molecule has 1 aliphatic rings. The molecule has 0 heterocycles. The van der Waals surface area contributed by atoms with Gasteiger partial charge >= 0.3 is 6.09 Å². The second-order valence-electron chi connectivity index (χ2n) is 5.47. The Balaban J connectivity index is 1.81. The molecule has 1 fully saturated rings. The predicted molar refractivity (Wildman–Crippen MR) is 76.1 cm³/mol. The largest absolute Gasteiger partial charge is 0.449 e. The third-order valence-corrected chi connectivity index (χ3v) is 2.89. The highest BCUT2D eigenvalue weighted by Crippen LogP contribution is 2.20. The van der Waals surface area contributed by atoms with Gasteiger partial charge < -0.3 is 10.1 Å². The van der Waals surface area contributed by atoms with E-state index in [-0.39, 0.29) is 6.09 Å². The monoisotopic (exact) mass is 262 g/mol. The van der Waals surface area contributed by atoms with Crippen LogP contribution in [0, 0.1) is 5.92 Å². The highest BCUT2D eigenvalue weighted by atomic mass is 16.5. The lowest BCUT2D eigenvalue weighted by Gasteiger charge is -2.10. The van der Waals surface area contributed by atoms with E-state index in [2.05, 4.69) is 16.7 Å². The molecular weight excluding hydrogens is 240 g/mol. The van der Waals surface area contributed by atoms with Crippen LogP contribution in [0.15, 0.2) is 24.3 Å². The maximum absolute atomic E-state index is 11.6. The van der Waals surface area contributed by atoms with Gasteiger partial charge in [-0.3, -0.25) is 5.32 Å². The van der Waals surface area contributed by atoms with E-state index in [9.17, 15) is 4.79 Å². The number of carbonyl (C=O) groups is 1. The maximum Gasteiger partial charge on any atom is 0.411 e. The summed E-state index contributed by atoms with van der Waals surface area (Å²) >= 11 is 0. The lowest BCUT2D eigenvalue weighted by atomic mass is 10.2. The van der Waals surface area contributed by atoms with E-state index in [1.165, 1.54) is 18.4 Å². The van der Waals surface area contributed by atoms with E-state index < -0.39 is 0 Å². The highest BCUT2D eigenvalue weighted by molar-refractivity contribution is 5.84. The first kappa shape index (κ1) is 13.9. The fraction of sp³-hybridized carbons (Fsp3) is 0.533. The van der Waals surface area contributed by atoms with Crippen LogP contribution in [0.2, 0.25) is 0 Å². The van der Waals surface area contributed by atoms with Gasteiger partial charge in [-0.2, -0.15) is 0 Å². The summed E-state index contributed by atoms with van der Waals surface area (Å²) in [5.41, 5.74) is 1.96. The first-order valence-corrected chi connectivity index (χ1v) is 6.89. The third-order valence-electron chi connectivity index (χ3n) is 2.89. The molecule has 4 nitrogen and oxygen atoms in total. The number of ether oxygens (including phenoxy) is 1. The van der Waals surface area contributed by atoms with Crippen LogP contribution < -0.4 is 10.6 Å². The molecule has 1 aromatic carbocycles. The molecule has 1 amide bonds. The number of nitrogens with one attached hydrogen (secondary N) is 2. The summed E-state index contributed by atoms with van der Waals surface area (Å²) in [6.07, 6.45) is 2.17. The van der Waals surface area contributed by atoms with Crippen LogP contribution in [0.1, 0.15) is 32.3 Å². The van der Waals surface area contributed by atoms with Gasteiger partial charge in [0, 0.05) is 18.3 Å². The number of carbonyl (C=O) groups excluding carboxylic acids is 1. The maximum atomic E-state index is 11.6. The highest BCUT2D eigenvalue weighted by Gasteiger charge is 2.19. The summed E-state index contributed by atoms with van der Waals surface area (Å²) in [6, 6.07) is 8.54. The summed E-state index contributed by atoms with van der Waals surface area (Å²) < 4.78 is 5.09. The minimum absolute atomic E-state index is 0.347. The van der Waals surface area contributed by atoms with Crippen LogP contribution in [0.5, 0.6) is 0 Å². The summed E-state index contributed by atoms with van der Waals surface area (Å²) in [5.74, 6) is 0.347. The van der Waals surface area contributed by atoms with Crippen molar-refractivity contribution in [2.45, 2.75) is 39.3 Å². The molecular formula is C15H22N2O2. The summed E-state index contributed by atoms with van der Waals surface area (Å²) in [7, 11) is 0. The van der Waals surface area contributed by atoms with E-state index in [0.29, 0.717) is 18.6 Å². The molecule has 0 aliphatic heterocycles. The zero-order valence-corrected chi connectivity index (χ0v) is 11.6. The number of hydrogen-bond acceptors (Lipinski definition) is 3. The van der Waals surface area contributed by atoms with Crippen molar-refractivity contribution in [3.63, 3.8) is 0 Å². The van der Waals surface area contributed by atoms with Crippen LogP contribution >= 0.6 is 0 Å². The lowest BCUT2D eigenvalue weighted by Crippen LogP contribution is -2.17. The van der Waals surface area contributed by atoms with Crippen molar-refractivity contribution in [1.29, 1.82) is 0 Å². The lowest BCUT2D eigenvalue weighted by molar-refractivity contribution is 0.147. The van der Waals surface area contributed by atoms with Gasteiger partial charge in [-0.1, -0.05) is 26.0 Å². The molecule has 2 rings (SSSR count). The van der Waals surface area contributed by atoms with Crippen molar-refractivity contribution < 1.29 is 9.53 Å². The molecule has 0 atom stereocenters. The third kappa shape index (κ3) is 5.30. The number of hydrogen-bond donors (Lipinski definition) is 2. The topological polar surface area (TPSA) is 50.4 Å². The summed E-state index contributed by atoms with van der Waals surface area (Å²) in [6.45, 7) is 5.31. The van der Waals surface area contributed by atoms with Crippen molar-refractivity contribution >= 4 is 11.8 Å². The summed E-state index contributed by atoms with van der Waals surface area (Å²) in [4.78, 5) is 11.6. The van der Waals surface area contributed by atoms with Crippen molar-refractivity contribution in [3.8, 4) is 0 Å². The summed E-state index contributed by atoms with van der Waals surface area (Å²) in [5, 5.41) is 6.20. The van der Waals surface area contributed by atoms with Crippen molar-refractivity contribution in [1.82, 2.24) is 5.32 Å². The molecule has 0 radical (unpaired) electrons.